The van der Waals surface area contributed by atoms with Crippen molar-refractivity contribution in [2.24, 2.45) is 0 Å². The fraction of sp³-hybridized carbons (Fsp3) is 0.167. The molecule has 5 nitrogen and oxygen atoms in total. The van der Waals surface area contributed by atoms with E-state index in [0.717, 1.165) is 0 Å². The molecule has 0 spiro atoms. The van der Waals surface area contributed by atoms with Crippen molar-refractivity contribution < 1.29 is 9.90 Å². The molecule has 1 N–H and O–H groups in total. The van der Waals surface area contributed by atoms with Crippen LogP contribution in [0.5, 0.6) is 0 Å². The zero-order chi connectivity index (χ0) is 22.2. The number of halogens is 2. The minimum Gasteiger partial charge on any atom is -0.365 e. The van der Waals surface area contributed by atoms with Gasteiger partial charge in [-0.3, -0.25) is 9.80 Å². The first-order chi connectivity index (χ1) is 14.9. The molecule has 1 saturated heterocycles. The van der Waals surface area contributed by atoms with E-state index in [1.807, 2.05) is 6.92 Å². The predicted octanol–water partition coefficient (Wildman–Crippen LogP) is 6.61. The predicted molar refractivity (Wildman–Crippen MR) is 124 cm³/mol. The summed E-state index contributed by atoms with van der Waals surface area (Å²) in [7, 11) is 0. The average molecular weight is 452 g/mol. The van der Waals surface area contributed by atoms with Crippen LogP contribution in [0, 0.1) is 6.57 Å². The van der Waals surface area contributed by atoms with Crippen molar-refractivity contribution >= 4 is 46.3 Å². The number of anilines is 2. The van der Waals surface area contributed by atoms with Crippen LogP contribution in [-0.4, -0.2) is 17.2 Å². The summed E-state index contributed by atoms with van der Waals surface area (Å²) >= 11 is 12.1. The number of amides is 2. The van der Waals surface area contributed by atoms with E-state index in [1.54, 1.807) is 77.7 Å². The molecule has 3 aromatic rings. The van der Waals surface area contributed by atoms with Crippen molar-refractivity contribution in [3.63, 3.8) is 0 Å². The highest BCUT2D eigenvalue weighted by Crippen LogP contribution is 2.46. The summed E-state index contributed by atoms with van der Waals surface area (Å²) in [6.07, 6.45) is 0.469. The van der Waals surface area contributed by atoms with Crippen molar-refractivity contribution in [1.29, 1.82) is 0 Å². The summed E-state index contributed by atoms with van der Waals surface area (Å²) in [6.45, 7) is 9.28. The Bertz CT molecular complexity index is 1160. The van der Waals surface area contributed by atoms with Gasteiger partial charge in [-0.15, -0.1) is 0 Å². The second-order valence-corrected chi connectivity index (χ2v) is 8.13. The molecule has 0 aromatic heterocycles. The van der Waals surface area contributed by atoms with E-state index in [-0.39, 0.29) is 6.03 Å². The van der Waals surface area contributed by atoms with Crippen LogP contribution in [0.25, 0.3) is 4.85 Å². The standard InChI is InChI=1S/C24H19Cl2N3O2/c1-3-22-24(31,16-5-4-6-19(15-16)27-2)29(21-13-9-18(26)10-14-21)23(30)28(22)20-11-7-17(25)8-12-20/h4-15,22,31H,3H2,1H3. The molecular weight excluding hydrogens is 433 g/mol. The summed E-state index contributed by atoms with van der Waals surface area (Å²) < 4.78 is 0. The number of hydrogen-bond donors (Lipinski definition) is 1. The normalized spacial score (nSPS) is 20.7. The first-order valence-corrected chi connectivity index (χ1v) is 10.5. The Balaban J connectivity index is 1.95. The minimum atomic E-state index is -1.71. The molecule has 3 aromatic carbocycles. The van der Waals surface area contributed by atoms with Crippen molar-refractivity contribution in [2.75, 3.05) is 9.80 Å². The van der Waals surface area contributed by atoms with Gasteiger partial charge in [0, 0.05) is 21.4 Å². The molecule has 31 heavy (non-hydrogen) atoms. The highest BCUT2D eigenvalue weighted by atomic mass is 35.5. The molecule has 1 fully saturated rings. The highest BCUT2D eigenvalue weighted by molar-refractivity contribution is 6.31. The molecule has 156 valence electrons. The molecule has 1 aliphatic rings. The summed E-state index contributed by atoms with van der Waals surface area (Å²) in [6, 6.07) is 19.4. The van der Waals surface area contributed by atoms with Gasteiger partial charge in [-0.25, -0.2) is 9.64 Å². The lowest BCUT2D eigenvalue weighted by atomic mass is 9.91. The SMILES string of the molecule is [C-]#[N+]c1cccc(C2(O)C(CC)N(c3ccc(Cl)cc3)C(=O)N2c2ccc(Cl)cc2)c1. The number of hydrogen-bond acceptors (Lipinski definition) is 2. The third kappa shape index (κ3) is 3.53. The van der Waals surface area contributed by atoms with E-state index in [9.17, 15) is 9.90 Å². The Hall–Kier alpha value is -3.04. The summed E-state index contributed by atoms with van der Waals surface area (Å²) in [4.78, 5) is 20.2. The largest absolute Gasteiger partial charge is 0.365 e. The van der Waals surface area contributed by atoms with Gasteiger partial charge < -0.3 is 5.11 Å². The number of rotatable bonds is 4. The molecule has 2 amide bonds. The molecule has 0 bridgehead atoms. The van der Waals surface area contributed by atoms with Gasteiger partial charge in [0.1, 0.15) is 0 Å². The van der Waals surface area contributed by atoms with E-state index in [1.165, 1.54) is 4.90 Å². The van der Waals surface area contributed by atoms with Crippen LogP contribution in [0.15, 0.2) is 72.8 Å². The number of benzene rings is 3. The van der Waals surface area contributed by atoms with Gasteiger partial charge in [0.2, 0.25) is 0 Å². The maximum absolute atomic E-state index is 13.8. The van der Waals surface area contributed by atoms with Gasteiger partial charge in [-0.2, -0.15) is 0 Å². The second kappa shape index (κ2) is 8.24. The first kappa shape index (κ1) is 21.2. The lowest BCUT2D eigenvalue weighted by Crippen LogP contribution is -2.49. The van der Waals surface area contributed by atoms with E-state index in [2.05, 4.69) is 4.85 Å². The molecule has 0 radical (unpaired) electrons. The fourth-order valence-electron chi connectivity index (χ4n) is 4.10. The Morgan fingerprint density at radius 2 is 1.58 bits per heavy atom. The lowest BCUT2D eigenvalue weighted by Gasteiger charge is -2.37. The van der Waals surface area contributed by atoms with E-state index >= 15 is 0 Å². The highest BCUT2D eigenvalue weighted by Gasteiger charge is 2.57. The summed E-state index contributed by atoms with van der Waals surface area (Å²) in [5.41, 5.74) is 0.263. The molecule has 4 rings (SSSR count). The number of urea groups is 1. The molecule has 1 aliphatic heterocycles. The quantitative estimate of drug-likeness (QED) is 0.453. The van der Waals surface area contributed by atoms with E-state index in [4.69, 9.17) is 29.8 Å². The zero-order valence-electron chi connectivity index (χ0n) is 16.7. The van der Waals surface area contributed by atoms with Crippen LogP contribution in [0.2, 0.25) is 10.0 Å². The third-order valence-corrected chi connectivity index (χ3v) is 5.99. The number of carbonyl (C=O) groups is 1. The van der Waals surface area contributed by atoms with Crippen LogP contribution < -0.4 is 9.80 Å². The number of nitrogens with zero attached hydrogens (tertiary/aromatic N) is 3. The van der Waals surface area contributed by atoms with Gasteiger partial charge in [-0.1, -0.05) is 48.3 Å². The summed E-state index contributed by atoms with van der Waals surface area (Å²) in [5.74, 6) is 0. The maximum Gasteiger partial charge on any atom is 0.332 e. The van der Waals surface area contributed by atoms with Crippen LogP contribution in [0.1, 0.15) is 18.9 Å². The van der Waals surface area contributed by atoms with Crippen LogP contribution >= 0.6 is 23.2 Å². The Morgan fingerprint density at radius 3 is 2.13 bits per heavy atom. The van der Waals surface area contributed by atoms with Crippen molar-refractivity contribution in [1.82, 2.24) is 0 Å². The molecule has 7 heteroatoms. The zero-order valence-corrected chi connectivity index (χ0v) is 18.2. The minimum absolute atomic E-state index is 0.382. The van der Waals surface area contributed by atoms with E-state index < -0.39 is 11.8 Å². The molecule has 0 saturated carbocycles. The van der Waals surface area contributed by atoms with Crippen molar-refractivity contribution in [3.05, 3.63) is 99.8 Å². The fourth-order valence-corrected chi connectivity index (χ4v) is 4.35. The van der Waals surface area contributed by atoms with Crippen molar-refractivity contribution in [3.8, 4) is 0 Å². The van der Waals surface area contributed by atoms with Gasteiger partial charge >= 0.3 is 6.03 Å². The van der Waals surface area contributed by atoms with Gasteiger partial charge in [0.25, 0.3) is 0 Å². The van der Waals surface area contributed by atoms with Crippen LogP contribution in [-0.2, 0) is 5.72 Å². The Labute approximate surface area is 190 Å². The van der Waals surface area contributed by atoms with Crippen molar-refractivity contribution in [2.45, 2.75) is 25.1 Å². The lowest BCUT2D eigenvalue weighted by molar-refractivity contribution is 0.0307. The van der Waals surface area contributed by atoms with Crippen LogP contribution in [0.4, 0.5) is 21.9 Å². The third-order valence-electron chi connectivity index (χ3n) is 5.49. The smallest absolute Gasteiger partial charge is 0.332 e. The molecule has 2 atom stereocenters. The van der Waals surface area contributed by atoms with Gasteiger partial charge in [0.15, 0.2) is 11.4 Å². The monoisotopic (exact) mass is 451 g/mol. The Morgan fingerprint density at radius 1 is 1.00 bits per heavy atom. The topological polar surface area (TPSA) is 48.1 Å². The van der Waals surface area contributed by atoms with Gasteiger partial charge in [-0.05, 0) is 66.6 Å². The number of carbonyl (C=O) groups excluding carboxylic acids is 1. The molecule has 0 aliphatic carbocycles. The average Bonchev–Trinajstić information content (AvgIpc) is 3.02. The number of aliphatic hydroxyl groups is 1. The molecular formula is C24H19Cl2N3O2. The second-order valence-electron chi connectivity index (χ2n) is 7.25. The van der Waals surface area contributed by atoms with Crippen LogP contribution in [0.3, 0.4) is 0 Å². The molecule has 2 unspecified atom stereocenters. The summed E-state index contributed by atoms with van der Waals surface area (Å²) in [5, 5.41) is 13.3. The first-order valence-electron chi connectivity index (χ1n) is 9.75. The van der Waals surface area contributed by atoms with E-state index in [0.29, 0.717) is 39.1 Å². The Kier molecular flexibility index (Phi) is 5.63. The van der Waals surface area contributed by atoms with Gasteiger partial charge in [0.05, 0.1) is 12.6 Å². The molecule has 1 heterocycles. The maximum atomic E-state index is 13.8.